The van der Waals surface area contributed by atoms with Crippen LogP contribution in [0.1, 0.15) is 26.2 Å². The number of nitrogens with two attached hydrogens (primary N) is 1. The van der Waals surface area contributed by atoms with Crippen LogP contribution < -0.4 is 5.73 Å². The van der Waals surface area contributed by atoms with Crippen LogP contribution in [0.15, 0.2) is 18.2 Å². The lowest BCUT2D eigenvalue weighted by molar-refractivity contribution is 0.450. The van der Waals surface area contributed by atoms with Crippen molar-refractivity contribution in [3.8, 4) is 0 Å². The van der Waals surface area contributed by atoms with Crippen molar-refractivity contribution in [2.75, 3.05) is 5.73 Å². The number of halogens is 1. The quantitative estimate of drug-likeness (QED) is 0.898. The Morgan fingerprint density at radius 3 is 3.00 bits per heavy atom. The molecule has 2 unspecified atom stereocenters. The molecule has 1 aromatic heterocycles. The third kappa shape index (κ3) is 2.07. The van der Waals surface area contributed by atoms with Gasteiger partial charge in [-0.3, -0.25) is 0 Å². The van der Waals surface area contributed by atoms with E-state index in [0.717, 1.165) is 29.4 Å². The number of hydrogen-bond donors (Lipinski definition) is 1. The average Bonchev–Trinajstić information content (AvgIpc) is 2.84. The molecule has 3 rings (SSSR count). The molecule has 0 amide bonds. The third-order valence-electron chi connectivity index (χ3n) is 3.98. The van der Waals surface area contributed by atoms with Gasteiger partial charge in [-0.25, -0.2) is 4.98 Å². The highest BCUT2D eigenvalue weighted by Crippen LogP contribution is 2.33. The number of benzene rings is 1. The number of nitrogens with zero attached hydrogens (tertiary/aromatic N) is 2. The number of rotatable bonds is 2. The second-order valence-electron chi connectivity index (χ2n) is 5.50. The van der Waals surface area contributed by atoms with Crippen molar-refractivity contribution in [2.24, 2.45) is 11.8 Å². The molecular weight excluding hydrogens is 246 g/mol. The van der Waals surface area contributed by atoms with Crippen LogP contribution in [-0.4, -0.2) is 9.55 Å². The minimum Gasteiger partial charge on any atom is -0.369 e. The molecular formula is C14H18ClN3. The lowest BCUT2D eigenvalue weighted by Gasteiger charge is -2.12. The van der Waals surface area contributed by atoms with E-state index >= 15 is 0 Å². The summed E-state index contributed by atoms with van der Waals surface area (Å²) in [7, 11) is 0. The summed E-state index contributed by atoms with van der Waals surface area (Å²) in [5.74, 6) is 2.18. The molecule has 1 aliphatic carbocycles. The molecule has 0 aliphatic heterocycles. The standard InChI is InChI=1S/C14H18ClN3/c1-9-2-3-10(6-9)8-18-13-5-4-11(15)7-12(13)17-14(18)16/h4-5,7,9-10H,2-3,6,8H2,1H3,(H2,16,17). The molecule has 96 valence electrons. The van der Waals surface area contributed by atoms with Crippen LogP contribution in [0.25, 0.3) is 11.0 Å². The van der Waals surface area contributed by atoms with Crippen LogP contribution in [0.3, 0.4) is 0 Å². The summed E-state index contributed by atoms with van der Waals surface area (Å²) < 4.78 is 2.13. The Labute approximate surface area is 112 Å². The minimum absolute atomic E-state index is 0.604. The maximum atomic E-state index is 6.02. The summed E-state index contributed by atoms with van der Waals surface area (Å²) in [6.07, 6.45) is 3.93. The maximum absolute atomic E-state index is 6.02. The van der Waals surface area contributed by atoms with E-state index in [1.807, 2.05) is 18.2 Å². The van der Waals surface area contributed by atoms with E-state index < -0.39 is 0 Å². The number of hydrogen-bond acceptors (Lipinski definition) is 2. The molecule has 1 fully saturated rings. The van der Waals surface area contributed by atoms with Crippen LogP contribution in [0.4, 0.5) is 5.95 Å². The van der Waals surface area contributed by atoms with Crippen molar-refractivity contribution in [1.82, 2.24) is 9.55 Å². The average molecular weight is 264 g/mol. The summed E-state index contributed by atoms with van der Waals surface area (Å²) in [5.41, 5.74) is 8.01. The molecule has 1 aromatic carbocycles. The first-order valence-electron chi connectivity index (χ1n) is 6.54. The highest BCUT2D eigenvalue weighted by Gasteiger charge is 2.23. The van der Waals surface area contributed by atoms with Gasteiger partial charge < -0.3 is 10.3 Å². The van der Waals surface area contributed by atoms with Crippen molar-refractivity contribution in [1.29, 1.82) is 0 Å². The monoisotopic (exact) mass is 263 g/mol. The van der Waals surface area contributed by atoms with Crippen molar-refractivity contribution in [3.63, 3.8) is 0 Å². The Morgan fingerprint density at radius 1 is 1.44 bits per heavy atom. The van der Waals surface area contributed by atoms with Crippen LogP contribution in [0.5, 0.6) is 0 Å². The molecule has 0 bridgehead atoms. The van der Waals surface area contributed by atoms with Crippen LogP contribution in [-0.2, 0) is 6.54 Å². The summed E-state index contributed by atoms with van der Waals surface area (Å²) in [6.45, 7) is 3.31. The highest BCUT2D eigenvalue weighted by atomic mass is 35.5. The topological polar surface area (TPSA) is 43.8 Å². The second kappa shape index (κ2) is 4.47. The van der Waals surface area contributed by atoms with E-state index in [-0.39, 0.29) is 0 Å². The number of aromatic nitrogens is 2. The molecule has 0 saturated heterocycles. The van der Waals surface area contributed by atoms with Gasteiger partial charge in [0.15, 0.2) is 0 Å². The van der Waals surface area contributed by atoms with Crippen LogP contribution in [0.2, 0.25) is 5.02 Å². The van der Waals surface area contributed by atoms with E-state index in [0.29, 0.717) is 11.0 Å². The molecule has 4 heteroatoms. The fraction of sp³-hybridized carbons (Fsp3) is 0.500. The van der Waals surface area contributed by atoms with Gasteiger partial charge in [0.25, 0.3) is 0 Å². The predicted molar refractivity (Wildman–Crippen MR) is 75.7 cm³/mol. The fourth-order valence-electron chi connectivity index (χ4n) is 3.06. The summed E-state index contributed by atoms with van der Waals surface area (Å²) in [4.78, 5) is 4.39. The lowest BCUT2D eigenvalue weighted by Crippen LogP contribution is -2.10. The normalized spacial score (nSPS) is 23.9. The van der Waals surface area contributed by atoms with Gasteiger partial charge in [-0.15, -0.1) is 0 Å². The fourth-order valence-corrected chi connectivity index (χ4v) is 3.23. The van der Waals surface area contributed by atoms with Gasteiger partial charge in [0.1, 0.15) is 0 Å². The van der Waals surface area contributed by atoms with Gasteiger partial charge in [0.2, 0.25) is 5.95 Å². The largest absolute Gasteiger partial charge is 0.369 e. The first-order chi connectivity index (χ1) is 8.63. The van der Waals surface area contributed by atoms with Gasteiger partial charge in [-0.1, -0.05) is 24.9 Å². The summed E-state index contributed by atoms with van der Waals surface area (Å²) in [6, 6.07) is 5.79. The van der Waals surface area contributed by atoms with Crippen molar-refractivity contribution in [2.45, 2.75) is 32.7 Å². The molecule has 1 heterocycles. The Morgan fingerprint density at radius 2 is 2.28 bits per heavy atom. The van der Waals surface area contributed by atoms with E-state index in [9.17, 15) is 0 Å². The van der Waals surface area contributed by atoms with Crippen molar-refractivity contribution in [3.05, 3.63) is 23.2 Å². The maximum Gasteiger partial charge on any atom is 0.201 e. The van der Waals surface area contributed by atoms with Crippen molar-refractivity contribution < 1.29 is 0 Å². The molecule has 0 spiro atoms. The predicted octanol–water partition coefficient (Wildman–Crippen LogP) is 3.71. The Bertz CT molecular complexity index is 576. The SMILES string of the molecule is CC1CCC(Cn2c(N)nc3cc(Cl)ccc32)C1. The Kier molecular flexibility index (Phi) is 2.94. The van der Waals surface area contributed by atoms with E-state index in [1.165, 1.54) is 19.3 Å². The van der Waals surface area contributed by atoms with E-state index in [1.54, 1.807) is 0 Å². The van der Waals surface area contributed by atoms with Gasteiger partial charge in [-0.05, 0) is 42.9 Å². The number of imidazole rings is 1. The molecule has 1 aliphatic rings. The first kappa shape index (κ1) is 11.8. The molecule has 2 aromatic rings. The van der Waals surface area contributed by atoms with E-state index in [4.69, 9.17) is 17.3 Å². The zero-order valence-electron chi connectivity index (χ0n) is 10.6. The first-order valence-corrected chi connectivity index (χ1v) is 6.92. The second-order valence-corrected chi connectivity index (χ2v) is 5.93. The van der Waals surface area contributed by atoms with Gasteiger partial charge in [0, 0.05) is 11.6 Å². The van der Waals surface area contributed by atoms with Crippen LogP contribution in [0, 0.1) is 11.8 Å². The lowest BCUT2D eigenvalue weighted by atomic mass is 10.1. The molecule has 0 radical (unpaired) electrons. The Hall–Kier alpha value is -1.22. The number of anilines is 1. The summed E-state index contributed by atoms with van der Waals surface area (Å²) in [5, 5.41) is 0.710. The van der Waals surface area contributed by atoms with E-state index in [2.05, 4.69) is 16.5 Å². The minimum atomic E-state index is 0.604. The van der Waals surface area contributed by atoms with Crippen LogP contribution >= 0.6 is 11.6 Å². The van der Waals surface area contributed by atoms with Gasteiger partial charge >= 0.3 is 0 Å². The molecule has 2 N–H and O–H groups in total. The smallest absolute Gasteiger partial charge is 0.201 e. The molecule has 18 heavy (non-hydrogen) atoms. The summed E-state index contributed by atoms with van der Waals surface area (Å²) >= 11 is 5.98. The molecule has 2 atom stereocenters. The van der Waals surface area contributed by atoms with Gasteiger partial charge in [0.05, 0.1) is 11.0 Å². The zero-order valence-corrected chi connectivity index (χ0v) is 11.3. The Balaban J connectivity index is 1.93. The zero-order chi connectivity index (χ0) is 12.7. The molecule has 3 nitrogen and oxygen atoms in total. The van der Waals surface area contributed by atoms with Crippen molar-refractivity contribution >= 4 is 28.6 Å². The number of nitrogen functional groups attached to an aromatic ring is 1. The highest BCUT2D eigenvalue weighted by molar-refractivity contribution is 6.31. The molecule has 1 saturated carbocycles. The third-order valence-corrected chi connectivity index (χ3v) is 4.22. The number of fused-ring (bicyclic) bond motifs is 1. The van der Waals surface area contributed by atoms with Gasteiger partial charge in [-0.2, -0.15) is 0 Å².